The average Bonchev–Trinajstić information content (AvgIpc) is 2.72. The number of ether oxygens (including phenoxy) is 2. The molecule has 0 saturated heterocycles. The zero-order valence-corrected chi connectivity index (χ0v) is 17.0. The molecule has 3 rings (SSSR count). The van der Waals surface area contributed by atoms with Crippen LogP contribution in [0.3, 0.4) is 0 Å². The molecule has 1 saturated carbocycles. The highest BCUT2D eigenvalue weighted by Gasteiger charge is 2.66. The maximum atomic E-state index is 12.8. The van der Waals surface area contributed by atoms with Gasteiger partial charge in [0.1, 0.15) is 17.9 Å². The van der Waals surface area contributed by atoms with Crippen LogP contribution in [0.1, 0.15) is 43.1 Å². The molecule has 29 heavy (non-hydrogen) atoms. The van der Waals surface area contributed by atoms with Gasteiger partial charge in [-0.05, 0) is 36.8 Å². The molecule has 2 N–H and O–H groups in total. The molecule has 1 fully saturated rings. The molecule has 2 aromatic rings. The first-order valence-corrected chi connectivity index (χ1v) is 9.74. The number of carboxylic acid groups (broad SMARTS) is 1. The molecular formula is C23H27NO5. The lowest BCUT2D eigenvalue weighted by molar-refractivity contribution is -0.190. The van der Waals surface area contributed by atoms with Gasteiger partial charge in [-0.15, -0.1) is 0 Å². The van der Waals surface area contributed by atoms with Crippen LogP contribution in [0.15, 0.2) is 54.6 Å². The first-order chi connectivity index (χ1) is 13.8. The highest BCUT2D eigenvalue weighted by molar-refractivity contribution is 5.98. The minimum Gasteiger partial charge on any atom is -0.489 e. The molecule has 0 aliphatic heterocycles. The van der Waals surface area contributed by atoms with Crippen LogP contribution in [0.25, 0.3) is 0 Å². The fourth-order valence-corrected chi connectivity index (χ4v) is 3.74. The van der Waals surface area contributed by atoms with E-state index in [0.717, 1.165) is 11.3 Å². The number of hydrogen-bond donors (Lipinski definition) is 2. The van der Waals surface area contributed by atoms with Crippen LogP contribution in [0.4, 0.5) is 0 Å². The van der Waals surface area contributed by atoms with E-state index in [1.807, 2.05) is 51.1 Å². The molecule has 2 unspecified atom stereocenters. The van der Waals surface area contributed by atoms with Crippen LogP contribution >= 0.6 is 0 Å². The highest BCUT2D eigenvalue weighted by atomic mass is 16.5. The summed E-state index contributed by atoms with van der Waals surface area (Å²) in [4.78, 5) is 24.8. The van der Waals surface area contributed by atoms with Crippen molar-refractivity contribution in [1.82, 2.24) is 5.32 Å². The molecule has 0 heterocycles. The molecule has 0 spiro atoms. The molecule has 154 valence electrons. The third-order valence-corrected chi connectivity index (χ3v) is 5.82. The van der Waals surface area contributed by atoms with Crippen molar-refractivity contribution in [2.45, 2.75) is 45.4 Å². The Balaban J connectivity index is 1.66. The largest absolute Gasteiger partial charge is 0.489 e. The summed E-state index contributed by atoms with van der Waals surface area (Å²) in [7, 11) is 0. The summed E-state index contributed by atoms with van der Waals surface area (Å²) in [6.07, 6.45) is 0.0409. The second-order valence-electron chi connectivity index (χ2n) is 7.83. The summed E-state index contributed by atoms with van der Waals surface area (Å²) in [5.74, 6) is -0.681. The molecule has 0 aromatic heterocycles. The summed E-state index contributed by atoms with van der Waals surface area (Å²) in [6.45, 7) is 6.39. The van der Waals surface area contributed by atoms with Gasteiger partial charge in [-0.1, -0.05) is 44.2 Å². The van der Waals surface area contributed by atoms with Crippen molar-refractivity contribution >= 4 is 11.9 Å². The molecule has 1 aliphatic rings. The standard InChI is InChI=1S/C23H27NO5/c1-4-28-19-14-23(21(26)27,22(19,2)3)24-20(25)17-12-10-16(11-13-17)15-29-18-8-6-5-7-9-18/h5-13,19H,4,14-15H2,1-3H3,(H,24,25)(H,26,27). The Kier molecular flexibility index (Phi) is 5.94. The maximum absolute atomic E-state index is 12.8. The Bertz CT molecular complexity index is 863. The van der Waals surface area contributed by atoms with Crippen LogP contribution < -0.4 is 10.1 Å². The second-order valence-corrected chi connectivity index (χ2v) is 7.83. The van der Waals surface area contributed by atoms with E-state index in [2.05, 4.69) is 5.32 Å². The highest BCUT2D eigenvalue weighted by Crippen LogP contribution is 2.51. The summed E-state index contributed by atoms with van der Waals surface area (Å²) in [6, 6.07) is 16.5. The number of benzene rings is 2. The van der Waals surface area contributed by atoms with E-state index < -0.39 is 22.8 Å². The number of nitrogens with one attached hydrogen (secondary N) is 1. The lowest BCUT2D eigenvalue weighted by Crippen LogP contribution is -2.76. The Morgan fingerprint density at radius 1 is 1.10 bits per heavy atom. The molecule has 0 bridgehead atoms. The number of aliphatic carboxylic acids is 1. The number of hydrogen-bond acceptors (Lipinski definition) is 4. The van der Waals surface area contributed by atoms with Gasteiger partial charge in [-0.3, -0.25) is 4.79 Å². The minimum atomic E-state index is -1.35. The number of carbonyl (C=O) groups excluding carboxylic acids is 1. The van der Waals surface area contributed by atoms with E-state index in [1.165, 1.54) is 0 Å². The summed E-state index contributed by atoms with van der Waals surface area (Å²) in [5, 5.41) is 12.6. The van der Waals surface area contributed by atoms with E-state index >= 15 is 0 Å². The van der Waals surface area contributed by atoms with Crippen molar-refractivity contribution in [2.24, 2.45) is 5.41 Å². The molecule has 2 aromatic carbocycles. The Hall–Kier alpha value is -2.86. The molecule has 1 aliphatic carbocycles. The SMILES string of the molecule is CCOC1CC(NC(=O)c2ccc(COc3ccccc3)cc2)(C(=O)O)C1(C)C. The van der Waals surface area contributed by atoms with Crippen molar-refractivity contribution in [2.75, 3.05) is 6.61 Å². The van der Waals surface area contributed by atoms with Gasteiger partial charge in [0.25, 0.3) is 5.91 Å². The maximum Gasteiger partial charge on any atom is 0.330 e. The van der Waals surface area contributed by atoms with Crippen LogP contribution in [-0.4, -0.2) is 35.2 Å². The quantitative estimate of drug-likeness (QED) is 0.710. The number of para-hydroxylation sites is 1. The molecule has 6 heteroatoms. The number of carboxylic acids is 1. The third kappa shape index (κ3) is 3.98. The van der Waals surface area contributed by atoms with Gasteiger partial charge in [0.05, 0.1) is 6.10 Å². The van der Waals surface area contributed by atoms with Crippen LogP contribution in [0, 0.1) is 5.41 Å². The van der Waals surface area contributed by atoms with E-state index in [0.29, 0.717) is 18.8 Å². The molecule has 1 amide bonds. The van der Waals surface area contributed by atoms with E-state index in [1.54, 1.807) is 24.3 Å². The smallest absolute Gasteiger partial charge is 0.330 e. The van der Waals surface area contributed by atoms with Crippen molar-refractivity contribution < 1.29 is 24.2 Å². The van der Waals surface area contributed by atoms with Crippen molar-refractivity contribution in [3.8, 4) is 5.75 Å². The zero-order valence-electron chi connectivity index (χ0n) is 17.0. The van der Waals surface area contributed by atoms with Gasteiger partial charge in [-0.25, -0.2) is 4.79 Å². The Morgan fingerprint density at radius 2 is 1.76 bits per heavy atom. The van der Waals surface area contributed by atoms with Crippen LogP contribution in [0.5, 0.6) is 5.75 Å². The van der Waals surface area contributed by atoms with Gasteiger partial charge >= 0.3 is 5.97 Å². The molecular weight excluding hydrogens is 370 g/mol. The van der Waals surface area contributed by atoms with Gasteiger partial charge in [0.15, 0.2) is 0 Å². The van der Waals surface area contributed by atoms with Crippen LogP contribution in [0.2, 0.25) is 0 Å². The van der Waals surface area contributed by atoms with Crippen molar-refractivity contribution in [3.05, 3.63) is 65.7 Å². The van der Waals surface area contributed by atoms with Crippen LogP contribution in [-0.2, 0) is 16.1 Å². The minimum absolute atomic E-state index is 0.207. The molecule has 6 nitrogen and oxygen atoms in total. The monoisotopic (exact) mass is 397 g/mol. The predicted octanol–water partition coefficient (Wildman–Crippen LogP) is 3.65. The summed E-state index contributed by atoms with van der Waals surface area (Å²) < 4.78 is 11.3. The fraction of sp³-hybridized carbons (Fsp3) is 0.391. The van der Waals surface area contributed by atoms with Gasteiger partial charge in [-0.2, -0.15) is 0 Å². The lowest BCUT2D eigenvalue weighted by Gasteiger charge is -2.58. The lowest BCUT2D eigenvalue weighted by atomic mass is 9.54. The predicted molar refractivity (Wildman–Crippen MR) is 109 cm³/mol. The second kappa shape index (κ2) is 8.25. The summed E-state index contributed by atoms with van der Waals surface area (Å²) >= 11 is 0. The molecule has 2 atom stereocenters. The number of rotatable bonds is 8. The van der Waals surface area contributed by atoms with E-state index in [4.69, 9.17) is 9.47 Å². The number of amides is 1. The topological polar surface area (TPSA) is 84.9 Å². The Morgan fingerprint density at radius 3 is 2.31 bits per heavy atom. The molecule has 0 radical (unpaired) electrons. The normalized spacial score (nSPS) is 22.4. The number of carbonyl (C=O) groups is 2. The van der Waals surface area contributed by atoms with Crippen molar-refractivity contribution in [3.63, 3.8) is 0 Å². The van der Waals surface area contributed by atoms with Gasteiger partial charge in [0.2, 0.25) is 0 Å². The third-order valence-electron chi connectivity index (χ3n) is 5.82. The Labute approximate surface area is 170 Å². The van der Waals surface area contributed by atoms with E-state index in [-0.39, 0.29) is 12.5 Å². The van der Waals surface area contributed by atoms with Crippen molar-refractivity contribution in [1.29, 1.82) is 0 Å². The van der Waals surface area contributed by atoms with Gasteiger partial charge < -0.3 is 19.9 Å². The first-order valence-electron chi connectivity index (χ1n) is 9.74. The van der Waals surface area contributed by atoms with E-state index in [9.17, 15) is 14.7 Å². The fourth-order valence-electron chi connectivity index (χ4n) is 3.74. The first kappa shape index (κ1) is 20.9. The zero-order chi connectivity index (χ0) is 21.1. The average molecular weight is 397 g/mol. The van der Waals surface area contributed by atoms with Gasteiger partial charge in [0, 0.05) is 24.0 Å². The summed E-state index contributed by atoms with van der Waals surface area (Å²) in [5.41, 5.74) is -0.740.